The maximum Gasteiger partial charge on any atom is 0.270 e. The summed E-state index contributed by atoms with van der Waals surface area (Å²) < 4.78 is 0. The molecule has 0 spiro atoms. The zero-order chi connectivity index (χ0) is 11.4. The monoisotopic (exact) mass is 213 g/mol. The fourth-order valence-corrected chi connectivity index (χ4v) is 1.57. The molecule has 0 radical (unpaired) electrons. The van der Waals surface area contributed by atoms with E-state index in [4.69, 9.17) is 5.26 Å². The number of aromatic amines is 1. The Morgan fingerprint density at radius 1 is 1.38 bits per heavy atom. The van der Waals surface area contributed by atoms with Gasteiger partial charge in [0.25, 0.3) is 5.56 Å². The maximum atomic E-state index is 11.6. The van der Waals surface area contributed by atoms with Crippen molar-refractivity contribution in [2.45, 2.75) is 19.3 Å². The minimum Gasteiger partial charge on any atom is -0.319 e. The van der Waals surface area contributed by atoms with Gasteiger partial charge in [0.2, 0.25) is 0 Å². The third-order valence-electron chi connectivity index (χ3n) is 2.37. The van der Waals surface area contributed by atoms with Gasteiger partial charge in [0.15, 0.2) is 0 Å². The summed E-state index contributed by atoms with van der Waals surface area (Å²) in [7, 11) is 0. The summed E-state index contributed by atoms with van der Waals surface area (Å²) in [6.07, 6.45) is 1.67. The number of hydrogen-bond donors (Lipinski definition) is 1. The van der Waals surface area contributed by atoms with Crippen LogP contribution in [-0.4, -0.2) is 9.97 Å². The summed E-state index contributed by atoms with van der Waals surface area (Å²) in [4.78, 5) is 18.7. The average molecular weight is 213 g/mol. The lowest BCUT2D eigenvalue weighted by atomic mass is 10.2. The molecule has 80 valence electrons. The summed E-state index contributed by atoms with van der Waals surface area (Å²) in [5.41, 5.74) is 1.89. The van der Waals surface area contributed by atoms with E-state index in [0.29, 0.717) is 25.0 Å². The van der Waals surface area contributed by atoms with E-state index in [2.05, 4.69) is 16.0 Å². The first-order valence-electron chi connectivity index (χ1n) is 5.16. The van der Waals surface area contributed by atoms with Crippen molar-refractivity contribution in [1.82, 2.24) is 9.97 Å². The molecular formula is C12H11N3O. The Morgan fingerprint density at radius 3 is 3.00 bits per heavy atom. The molecule has 1 N–H and O–H groups in total. The van der Waals surface area contributed by atoms with Crippen molar-refractivity contribution in [2.75, 3.05) is 0 Å². The number of nitriles is 1. The molecule has 0 atom stereocenters. The van der Waals surface area contributed by atoms with Crippen LogP contribution in [0.4, 0.5) is 0 Å². The number of benzene rings is 1. The van der Waals surface area contributed by atoms with Gasteiger partial charge >= 0.3 is 0 Å². The van der Waals surface area contributed by atoms with Crippen LogP contribution in [0.15, 0.2) is 29.1 Å². The summed E-state index contributed by atoms with van der Waals surface area (Å²) in [5, 5.41) is 8.43. The molecule has 0 bridgehead atoms. The van der Waals surface area contributed by atoms with Gasteiger partial charge in [-0.05, 0) is 25.0 Å². The van der Waals surface area contributed by atoms with Gasteiger partial charge in [0.1, 0.15) is 5.69 Å². The van der Waals surface area contributed by atoms with Gasteiger partial charge in [0, 0.05) is 6.42 Å². The van der Waals surface area contributed by atoms with Crippen molar-refractivity contribution in [2.24, 2.45) is 0 Å². The smallest absolute Gasteiger partial charge is 0.270 e. The molecule has 0 amide bonds. The zero-order valence-electron chi connectivity index (χ0n) is 8.73. The quantitative estimate of drug-likeness (QED) is 0.790. The first-order valence-corrected chi connectivity index (χ1v) is 5.16. The number of aromatic nitrogens is 2. The van der Waals surface area contributed by atoms with Gasteiger partial charge in [-0.25, -0.2) is 4.98 Å². The van der Waals surface area contributed by atoms with Crippen molar-refractivity contribution >= 4 is 11.0 Å². The van der Waals surface area contributed by atoms with Crippen LogP contribution in [0.3, 0.4) is 0 Å². The van der Waals surface area contributed by atoms with Gasteiger partial charge in [-0.2, -0.15) is 5.26 Å². The number of nitrogens with zero attached hydrogens (tertiary/aromatic N) is 2. The van der Waals surface area contributed by atoms with Crippen LogP contribution in [0.1, 0.15) is 18.5 Å². The van der Waals surface area contributed by atoms with Crippen molar-refractivity contribution in [3.63, 3.8) is 0 Å². The molecule has 0 aliphatic carbocycles. The number of H-pyrrole nitrogens is 1. The van der Waals surface area contributed by atoms with Gasteiger partial charge in [-0.3, -0.25) is 4.79 Å². The van der Waals surface area contributed by atoms with E-state index in [-0.39, 0.29) is 5.56 Å². The van der Waals surface area contributed by atoms with E-state index in [1.807, 2.05) is 24.3 Å². The fraction of sp³-hybridized carbons (Fsp3) is 0.250. The Morgan fingerprint density at radius 2 is 2.19 bits per heavy atom. The van der Waals surface area contributed by atoms with E-state index in [1.54, 1.807) is 0 Å². The molecule has 2 rings (SSSR count). The van der Waals surface area contributed by atoms with Crippen LogP contribution >= 0.6 is 0 Å². The molecule has 1 heterocycles. The maximum absolute atomic E-state index is 11.6. The first-order chi connectivity index (χ1) is 7.81. The summed E-state index contributed by atoms with van der Waals surface area (Å²) in [6, 6.07) is 9.48. The largest absolute Gasteiger partial charge is 0.319 e. The molecule has 0 aliphatic heterocycles. The Bertz CT molecular complexity index is 595. The first kappa shape index (κ1) is 10.4. The molecule has 0 unspecified atom stereocenters. The van der Waals surface area contributed by atoms with Crippen LogP contribution in [0.2, 0.25) is 0 Å². The zero-order valence-corrected chi connectivity index (χ0v) is 8.73. The number of nitrogens with one attached hydrogen (secondary N) is 1. The lowest BCUT2D eigenvalue weighted by Gasteiger charge is -2.00. The van der Waals surface area contributed by atoms with Crippen molar-refractivity contribution in [3.8, 4) is 6.07 Å². The topological polar surface area (TPSA) is 69.5 Å². The number of aryl methyl sites for hydroxylation is 1. The third-order valence-corrected chi connectivity index (χ3v) is 2.37. The second-order valence-corrected chi connectivity index (χ2v) is 3.54. The van der Waals surface area contributed by atoms with E-state index in [0.717, 1.165) is 11.0 Å². The van der Waals surface area contributed by atoms with Crippen molar-refractivity contribution < 1.29 is 0 Å². The Hall–Kier alpha value is -2.15. The Balaban J connectivity index is 2.36. The highest BCUT2D eigenvalue weighted by atomic mass is 16.1. The second kappa shape index (κ2) is 4.58. The molecule has 4 heteroatoms. The summed E-state index contributed by atoms with van der Waals surface area (Å²) in [6.45, 7) is 0. The van der Waals surface area contributed by atoms with Crippen LogP contribution in [-0.2, 0) is 6.42 Å². The highest BCUT2D eigenvalue weighted by Gasteiger charge is 2.03. The standard InChI is InChI=1S/C12H11N3O/c13-8-4-3-7-11-12(16)15-10-6-2-1-5-9(10)14-11/h1-2,5-6H,3-4,7H2,(H,15,16). The number of hydrogen-bond acceptors (Lipinski definition) is 3. The van der Waals surface area contributed by atoms with E-state index in [1.165, 1.54) is 0 Å². The van der Waals surface area contributed by atoms with Gasteiger partial charge in [-0.15, -0.1) is 0 Å². The molecule has 1 aromatic heterocycles. The van der Waals surface area contributed by atoms with Gasteiger partial charge < -0.3 is 4.98 Å². The molecule has 0 aliphatic rings. The number of fused-ring (bicyclic) bond motifs is 1. The van der Waals surface area contributed by atoms with E-state index >= 15 is 0 Å². The third kappa shape index (κ3) is 2.09. The lowest BCUT2D eigenvalue weighted by Crippen LogP contribution is -2.15. The number of para-hydroxylation sites is 2. The Kier molecular flexibility index (Phi) is 2.97. The molecule has 0 saturated carbocycles. The highest BCUT2D eigenvalue weighted by molar-refractivity contribution is 5.73. The average Bonchev–Trinajstić information content (AvgIpc) is 2.30. The van der Waals surface area contributed by atoms with Gasteiger partial charge in [0.05, 0.1) is 17.1 Å². The molecule has 0 saturated heterocycles. The SMILES string of the molecule is N#CCCCc1nc2ccccc2[nH]c1=O. The molecule has 4 nitrogen and oxygen atoms in total. The molecular weight excluding hydrogens is 202 g/mol. The highest BCUT2D eigenvalue weighted by Crippen LogP contribution is 2.07. The molecule has 1 aromatic carbocycles. The fourth-order valence-electron chi connectivity index (χ4n) is 1.57. The summed E-state index contributed by atoms with van der Waals surface area (Å²) in [5.74, 6) is 0. The van der Waals surface area contributed by atoms with E-state index < -0.39 is 0 Å². The molecule has 0 fully saturated rings. The van der Waals surface area contributed by atoms with Crippen molar-refractivity contribution in [1.29, 1.82) is 5.26 Å². The summed E-state index contributed by atoms with van der Waals surface area (Å²) >= 11 is 0. The molecule has 16 heavy (non-hydrogen) atoms. The second-order valence-electron chi connectivity index (χ2n) is 3.54. The van der Waals surface area contributed by atoms with Gasteiger partial charge in [-0.1, -0.05) is 12.1 Å². The van der Waals surface area contributed by atoms with Crippen molar-refractivity contribution in [3.05, 3.63) is 40.3 Å². The van der Waals surface area contributed by atoms with Crippen LogP contribution in [0, 0.1) is 11.3 Å². The van der Waals surface area contributed by atoms with Crippen LogP contribution < -0.4 is 5.56 Å². The molecule has 2 aromatic rings. The van der Waals surface area contributed by atoms with E-state index in [9.17, 15) is 4.79 Å². The minimum absolute atomic E-state index is 0.156. The predicted octanol–water partition coefficient (Wildman–Crippen LogP) is 1.77. The van der Waals surface area contributed by atoms with Crippen LogP contribution in [0.5, 0.6) is 0 Å². The Labute approximate surface area is 92.6 Å². The number of rotatable bonds is 3. The minimum atomic E-state index is -0.156. The lowest BCUT2D eigenvalue weighted by molar-refractivity contribution is 0.814. The normalized spacial score (nSPS) is 10.2. The predicted molar refractivity (Wildman–Crippen MR) is 60.9 cm³/mol. The van der Waals surface area contributed by atoms with Crippen LogP contribution in [0.25, 0.3) is 11.0 Å². The number of unbranched alkanes of at least 4 members (excludes halogenated alkanes) is 1.